The van der Waals surface area contributed by atoms with Crippen LogP contribution in [0.4, 0.5) is 8.78 Å². The highest BCUT2D eigenvalue weighted by atomic mass is 35.5. The van der Waals surface area contributed by atoms with Gasteiger partial charge in [-0.1, -0.05) is 5.92 Å². The van der Waals surface area contributed by atoms with Crippen LogP contribution in [-0.2, 0) is 0 Å². The van der Waals surface area contributed by atoms with Gasteiger partial charge in [0.05, 0.1) is 5.56 Å². The van der Waals surface area contributed by atoms with E-state index in [2.05, 4.69) is 4.74 Å². The van der Waals surface area contributed by atoms with Gasteiger partial charge in [-0.25, -0.2) is 13.6 Å². The number of ether oxygens (including phenoxy) is 1. The number of carbonyl (C=O) groups is 1. The monoisotopic (exact) mass is 248 g/mol. The lowest BCUT2D eigenvalue weighted by Gasteiger charge is -2.05. The third kappa shape index (κ3) is 3.11. The highest BCUT2D eigenvalue weighted by molar-refractivity contribution is 5.87. The second-order valence-corrected chi connectivity index (χ2v) is 2.57. The average molecular weight is 249 g/mol. The molecule has 3 nitrogen and oxygen atoms in total. The van der Waals surface area contributed by atoms with E-state index in [0.29, 0.717) is 12.1 Å². The van der Waals surface area contributed by atoms with Crippen molar-refractivity contribution in [2.75, 3.05) is 6.61 Å². The lowest BCUT2D eigenvalue weighted by molar-refractivity contribution is 0.0695. The van der Waals surface area contributed by atoms with Crippen molar-refractivity contribution in [1.29, 1.82) is 0 Å². The quantitative estimate of drug-likeness (QED) is 0.834. The highest BCUT2D eigenvalue weighted by Gasteiger charge is 2.15. The molecule has 1 aromatic carbocycles. The van der Waals surface area contributed by atoms with Gasteiger partial charge in [-0.2, -0.15) is 0 Å². The largest absolute Gasteiger partial charge is 0.478 e. The van der Waals surface area contributed by atoms with Gasteiger partial charge in [0.1, 0.15) is 6.61 Å². The number of aromatic carboxylic acids is 1. The first-order valence-electron chi connectivity index (χ1n) is 3.85. The smallest absolute Gasteiger partial charge is 0.335 e. The molecule has 86 valence electrons. The third-order valence-corrected chi connectivity index (χ3v) is 1.55. The van der Waals surface area contributed by atoms with Crippen molar-refractivity contribution in [3.63, 3.8) is 0 Å². The maximum Gasteiger partial charge on any atom is 0.335 e. The molecular formula is C10H7ClF2O3. The first-order chi connectivity index (χ1) is 7.06. The van der Waals surface area contributed by atoms with Gasteiger partial charge in [0.15, 0.2) is 17.4 Å². The van der Waals surface area contributed by atoms with Gasteiger partial charge in [-0.05, 0) is 12.1 Å². The second-order valence-electron chi connectivity index (χ2n) is 2.57. The average Bonchev–Trinajstić information content (AvgIpc) is 2.16. The van der Waals surface area contributed by atoms with E-state index >= 15 is 0 Å². The number of rotatable bonds is 3. The van der Waals surface area contributed by atoms with Crippen molar-refractivity contribution in [2.24, 2.45) is 0 Å². The summed E-state index contributed by atoms with van der Waals surface area (Å²) in [5.74, 6) is -2.24. The molecule has 0 radical (unpaired) electrons. The van der Waals surface area contributed by atoms with Gasteiger partial charge < -0.3 is 9.84 Å². The molecule has 1 N–H and O–H groups in total. The van der Waals surface area contributed by atoms with Crippen LogP contribution in [0.2, 0.25) is 0 Å². The minimum atomic E-state index is -1.42. The Morgan fingerprint density at radius 1 is 1.44 bits per heavy atom. The Labute approximate surface area is 96.4 Å². The standard InChI is InChI=1S/C10H6F2O3.ClH/c1-2-3-15-9-7(11)4-6(10(13)14)5-8(9)12;/h1,4-5H,3H2,(H,13,14);1H. The zero-order chi connectivity index (χ0) is 11.4. The van der Waals surface area contributed by atoms with Crippen molar-refractivity contribution in [3.8, 4) is 18.1 Å². The molecule has 6 heteroatoms. The predicted molar refractivity (Wildman–Crippen MR) is 54.9 cm³/mol. The van der Waals surface area contributed by atoms with Crippen molar-refractivity contribution >= 4 is 18.4 Å². The summed E-state index contributed by atoms with van der Waals surface area (Å²) in [7, 11) is 0. The van der Waals surface area contributed by atoms with Crippen LogP contribution in [0.15, 0.2) is 12.1 Å². The van der Waals surface area contributed by atoms with E-state index in [4.69, 9.17) is 11.5 Å². The Morgan fingerprint density at radius 3 is 2.31 bits per heavy atom. The molecule has 1 rings (SSSR count). The summed E-state index contributed by atoms with van der Waals surface area (Å²) in [6.45, 7) is -0.291. The maximum atomic E-state index is 13.1. The fourth-order valence-corrected chi connectivity index (χ4v) is 0.935. The first-order valence-corrected chi connectivity index (χ1v) is 3.85. The predicted octanol–water partition coefficient (Wildman–Crippen LogP) is 2.10. The second kappa shape index (κ2) is 5.93. The van der Waals surface area contributed by atoms with Crippen molar-refractivity contribution < 1.29 is 23.4 Å². The van der Waals surface area contributed by atoms with Crippen LogP contribution in [0.1, 0.15) is 10.4 Å². The summed E-state index contributed by atoms with van der Waals surface area (Å²) < 4.78 is 30.8. The molecule has 16 heavy (non-hydrogen) atoms. The van der Waals surface area contributed by atoms with Gasteiger partial charge in [0, 0.05) is 0 Å². The van der Waals surface area contributed by atoms with E-state index in [1.54, 1.807) is 0 Å². The Kier molecular flexibility index (Phi) is 5.26. The molecule has 0 unspecified atom stereocenters. The summed E-state index contributed by atoms with van der Waals surface area (Å²) in [5, 5.41) is 8.49. The molecule has 0 atom stereocenters. The minimum absolute atomic E-state index is 0. The van der Waals surface area contributed by atoms with Crippen LogP contribution in [0.25, 0.3) is 0 Å². The van der Waals surface area contributed by atoms with Crippen molar-refractivity contribution in [2.45, 2.75) is 0 Å². The molecule has 0 aliphatic heterocycles. The Morgan fingerprint density at radius 2 is 1.94 bits per heavy atom. The van der Waals surface area contributed by atoms with Gasteiger partial charge in [0.25, 0.3) is 0 Å². The molecule has 1 aromatic rings. The maximum absolute atomic E-state index is 13.1. The molecule has 0 saturated carbocycles. The minimum Gasteiger partial charge on any atom is -0.478 e. The number of hydrogen-bond donors (Lipinski definition) is 1. The van der Waals surface area contributed by atoms with E-state index in [9.17, 15) is 13.6 Å². The fourth-order valence-electron chi connectivity index (χ4n) is 0.935. The van der Waals surface area contributed by atoms with Gasteiger partial charge >= 0.3 is 5.97 Å². The number of carboxylic acid groups (broad SMARTS) is 1. The van der Waals surface area contributed by atoms with Gasteiger partial charge in [-0.15, -0.1) is 18.8 Å². The van der Waals surface area contributed by atoms with Gasteiger partial charge in [0.2, 0.25) is 0 Å². The van der Waals surface area contributed by atoms with Crippen LogP contribution < -0.4 is 4.74 Å². The van der Waals surface area contributed by atoms with E-state index < -0.39 is 28.9 Å². The topological polar surface area (TPSA) is 46.5 Å². The summed E-state index contributed by atoms with van der Waals surface area (Å²) in [5.41, 5.74) is -0.488. The summed E-state index contributed by atoms with van der Waals surface area (Å²) in [6.07, 6.45) is 4.84. The molecule has 0 heterocycles. The molecule has 0 amide bonds. The Balaban J connectivity index is 0.00000225. The summed E-state index contributed by atoms with van der Waals surface area (Å²) in [4.78, 5) is 10.4. The number of terminal acetylenes is 1. The molecular weight excluding hydrogens is 242 g/mol. The van der Waals surface area contributed by atoms with Gasteiger partial charge in [-0.3, -0.25) is 0 Å². The molecule has 0 fully saturated rings. The number of hydrogen-bond acceptors (Lipinski definition) is 2. The number of benzene rings is 1. The molecule has 0 bridgehead atoms. The highest BCUT2D eigenvalue weighted by Crippen LogP contribution is 2.23. The zero-order valence-corrected chi connectivity index (χ0v) is 8.68. The zero-order valence-electron chi connectivity index (χ0n) is 7.87. The first kappa shape index (κ1) is 14.2. The Hall–Kier alpha value is -1.80. The molecule has 0 aliphatic rings. The van der Waals surface area contributed by atoms with Crippen LogP contribution in [0.5, 0.6) is 5.75 Å². The third-order valence-electron chi connectivity index (χ3n) is 1.55. The lowest BCUT2D eigenvalue weighted by atomic mass is 10.2. The normalized spacial score (nSPS) is 8.81. The summed E-state index contributed by atoms with van der Waals surface area (Å²) in [6, 6.07) is 1.33. The van der Waals surface area contributed by atoms with E-state index in [0.717, 1.165) is 0 Å². The molecule has 0 saturated heterocycles. The summed E-state index contributed by atoms with van der Waals surface area (Å²) >= 11 is 0. The lowest BCUT2D eigenvalue weighted by Crippen LogP contribution is -2.03. The molecule has 0 aliphatic carbocycles. The van der Waals surface area contributed by atoms with E-state index in [1.165, 1.54) is 0 Å². The van der Waals surface area contributed by atoms with Crippen LogP contribution in [0.3, 0.4) is 0 Å². The number of carboxylic acids is 1. The van der Waals surface area contributed by atoms with Crippen molar-refractivity contribution in [1.82, 2.24) is 0 Å². The van der Waals surface area contributed by atoms with Crippen LogP contribution in [-0.4, -0.2) is 17.7 Å². The van der Waals surface area contributed by atoms with Crippen LogP contribution >= 0.6 is 12.4 Å². The SMILES string of the molecule is C#CCOc1c(F)cc(C(=O)O)cc1F.Cl. The molecule has 0 spiro atoms. The molecule has 0 aromatic heterocycles. The van der Waals surface area contributed by atoms with Crippen molar-refractivity contribution in [3.05, 3.63) is 29.3 Å². The number of halogens is 3. The van der Waals surface area contributed by atoms with E-state index in [-0.39, 0.29) is 19.0 Å². The van der Waals surface area contributed by atoms with E-state index in [1.807, 2.05) is 5.92 Å². The fraction of sp³-hybridized carbons (Fsp3) is 0.100. The van der Waals surface area contributed by atoms with Crippen LogP contribution in [0, 0.1) is 24.0 Å². The Bertz CT molecular complexity index is 417.